The van der Waals surface area contributed by atoms with Crippen LogP contribution in [0.3, 0.4) is 0 Å². The van der Waals surface area contributed by atoms with Gasteiger partial charge in [0.15, 0.2) is 0 Å². The summed E-state index contributed by atoms with van der Waals surface area (Å²) in [6, 6.07) is 40.5. The Morgan fingerprint density at radius 3 is 1.82 bits per heavy atom. The number of hydrogen-bond acceptors (Lipinski definition) is 1. The average molecular weight is 522 g/mol. The molecule has 5 aromatic rings. The van der Waals surface area contributed by atoms with Crippen molar-refractivity contribution in [1.82, 2.24) is 0 Å². The standard InChI is InChI=1S/C39H39N/c1-26-16-18-29(19-17-26)30-20-22-31(23-21-30)40-36-15-11-10-14-33(36)39(6,7)35-24-28(3)34(25-37(35)40)38(4,5)32-13-9-8-12-27(32)2/h8-25H,1-7H3. The average Bonchev–Trinajstić information content (AvgIpc) is 2.94. The summed E-state index contributed by atoms with van der Waals surface area (Å²) in [5, 5.41) is 0. The molecule has 0 aromatic heterocycles. The summed E-state index contributed by atoms with van der Waals surface area (Å²) in [4.78, 5) is 2.48. The predicted molar refractivity (Wildman–Crippen MR) is 171 cm³/mol. The quantitative estimate of drug-likeness (QED) is 0.227. The van der Waals surface area contributed by atoms with Crippen LogP contribution in [-0.2, 0) is 10.8 Å². The van der Waals surface area contributed by atoms with Gasteiger partial charge in [0.25, 0.3) is 0 Å². The second-order valence-electron chi connectivity index (χ2n) is 12.5. The molecule has 1 aliphatic rings. The third-order valence-corrected chi connectivity index (χ3v) is 9.08. The number of rotatable bonds is 4. The van der Waals surface area contributed by atoms with Crippen LogP contribution >= 0.6 is 0 Å². The molecule has 0 aliphatic carbocycles. The highest BCUT2D eigenvalue weighted by molar-refractivity contribution is 5.87. The molecule has 1 heterocycles. The summed E-state index contributed by atoms with van der Waals surface area (Å²) in [6.07, 6.45) is 0. The number of nitrogens with zero attached hydrogens (tertiary/aromatic N) is 1. The summed E-state index contributed by atoms with van der Waals surface area (Å²) in [7, 11) is 0. The zero-order valence-corrected chi connectivity index (χ0v) is 24.8. The van der Waals surface area contributed by atoms with Crippen molar-refractivity contribution < 1.29 is 0 Å². The van der Waals surface area contributed by atoms with Crippen molar-refractivity contribution >= 4 is 17.1 Å². The van der Waals surface area contributed by atoms with Crippen LogP contribution in [-0.4, -0.2) is 0 Å². The van der Waals surface area contributed by atoms with E-state index in [9.17, 15) is 0 Å². The van der Waals surface area contributed by atoms with E-state index < -0.39 is 0 Å². The van der Waals surface area contributed by atoms with E-state index in [2.05, 4.69) is 163 Å². The molecular weight excluding hydrogens is 482 g/mol. The minimum atomic E-state index is -0.132. The molecule has 0 amide bonds. The summed E-state index contributed by atoms with van der Waals surface area (Å²) >= 11 is 0. The fourth-order valence-electron chi connectivity index (χ4n) is 6.77. The predicted octanol–water partition coefficient (Wildman–Crippen LogP) is 10.7. The molecule has 0 bridgehead atoms. The third kappa shape index (κ3) is 4.16. The van der Waals surface area contributed by atoms with Crippen molar-refractivity contribution in [3.05, 3.63) is 148 Å². The van der Waals surface area contributed by atoms with Crippen molar-refractivity contribution in [2.75, 3.05) is 4.90 Å². The number of aryl methyl sites for hydroxylation is 3. The van der Waals surface area contributed by atoms with Crippen molar-refractivity contribution in [2.45, 2.75) is 59.3 Å². The van der Waals surface area contributed by atoms with Gasteiger partial charge in [0.2, 0.25) is 0 Å². The van der Waals surface area contributed by atoms with Gasteiger partial charge >= 0.3 is 0 Å². The third-order valence-electron chi connectivity index (χ3n) is 9.08. The van der Waals surface area contributed by atoms with E-state index in [1.165, 1.54) is 67.1 Å². The Hall–Kier alpha value is -4.10. The van der Waals surface area contributed by atoms with Crippen LogP contribution in [0.5, 0.6) is 0 Å². The van der Waals surface area contributed by atoms with Crippen LogP contribution in [0.25, 0.3) is 11.1 Å². The zero-order valence-electron chi connectivity index (χ0n) is 24.8. The summed E-state index contributed by atoms with van der Waals surface area (Å²) in [6.45, 7) is 16.1. The minimum absolute atomic E-state index is 0.111. The van der Waals surface area contributed by atoms with Crippen LogP contribution in [0.2, 0.25) is 0 Å². The molecule has 0 N–H and O–H groups in total. The minimum Gasteiger partial charge on any atom is -0.310 e. The van der Waals surface area contributed by atoms with E-state index in [1.54, 1.807) is 0 Å². The molecule has 6 rings (SSSR count). The smallest absolute Gasteiger partial charge is 0.0505 e. The number of para-hydroxylation sites is 1. The Morgan fingerprint density at radius 1 is 0.550 bits per heavy atom. The maximum absolute atomic E-state index is 2.48. The molecule has 200 valence electrons. The van der Waals surface area contributed by atoms with Gasteiger partial charge in [-0.2, -0.15) is 0 Å². The van der Waals surface area contributed by atoms with E-state index in [1.807, 2.05) is 0 Å². The number of anilines is 3. The van der Waals surface area contributed by atoms with Crippen molar-refractivity contribution in [1.29, 1.82) is 0 Å². The number of fused-ring (bicyclic) bond motifs is 2. The lowest BCUT2D eigenvalue weighted by atomic mass is 9.69. The second kappa shape index (κ2) is 9.52. The van der Waals surface area contributed by atoms with Crippen LogP contribution in [0.15, 0.2) is 109 Å². The zero-order chi connectivity index (χ0) is 28.2. The van der Waals surface area contributed by atoms with Gasteiger partial charge in [0.05, 0.1) is 11.4 Å². The summed E-state index contributed by atoms with van der Waals surface area (Å²) < 4.78 is 0. The molecular formula is C39H39N. The van der Waals surface area contributed by atoms with Gasteiger partial charge in [-0.05, 0) is 89.5 Å². The first-order valence-corrected chi connectivity index (χ1v) is 14.4. The monoisotopic (exact) mass is 521 g/mol. The lowest BCUT2D eigenvalue weighted by Crippen LogP contribution is -2.32. The highest BCUT2D eigenvalue weighted by Gasteiger charge is 2.38. The Kier molecular flexibility index (Phi) is 6.22. The Morgan fingerprint density at radius 2 is 1.15 bits per heavy atom. The molecule has 1 heteroatoms. The van der Waals surface area contributed by atoms with Crippen LogP contribution in [0, 0.1) is 20.8 Å². The van der Waals surface area contributed by atoms with Gasteiger partial charge in [-0.15, -0.1) is 0 Å². The Labute approximate surface area is 240 Å². The van der Waals surface area contributed by atoms with Crippen molar-refractivity contribution in [3.63, 3.8) is 0 Å². The molecule has 0 saturated carbocycles. The van der Waals surface area contributed by atoms with Gasteiger partial charge in [-0.3, -0.25) is 0 Å². The fourth-order valence-corrected chi connectivity index (χ4v) is 6.77. The topological polar surface area (TPSA) is 3.24 Å². The largest absolute Gasteiger partial charge is 0.310 e. The Balaban J connectivity index is 1.55. The van der Waals surface area contributed by atoms with E-state index in [-0.39, 0.29) is 10.8 Å². The number of hydrogen-bond donors (Lipinski definition) is 0. The molecule has 0 saturated heterocycles. The van der Waals surface area contributed by atoms with Crippen LogP contribution in [0.4, 0.5) is 17.1 Å². The van der Waals surface area contributed by atoms with E-state index in [0.717, 1.165) is 0 Å². The lowest BCUT2D eigenvalue weighted by Gasteiger charge is -2.43. The molecule has 1 aliphatic heterocycles. The fraction of sp³-hybridized carbons (Fsp3) is 0.231. The molecule has 1 nitrogen and oxygen atoms in total. The normalized spacial score (nSPS) is 14.0. The van der Waals surface area contributed by atoms with Gasteiger partial charge < -0.3 is 4.90 Å². The maximum Gasteiger partial charge on any atom is 0.0505 e. The van der Waals surface area contributed by atoms with Gasteiger partial charge in [0, 0.05) is 16.5 Å². The molecule has 0 fully saturated rings. The van der Waals surface area contributed by atoms with Gasteiger partial charge in [0.1, 0.15) is 0 Å². The molecule has 40 heavy (non-hydrogen) atoms. The first-order chi connectivity index (χ1) is 19.1. The first kappa shape index (κ1) is 26.1. The Bertz CT molecular complexity index is 1700. The SMILES string of the molecule is Cc1ccc(-c2ccc(N3c4ccccc4C(C)(C)c4cc(C)c(C(C)(C)c5ccccc5C)cc43)cc2)cc1. The van der Waals surface area contributed by atoms with E-state index in [0.29, 0.717) is 0 Å². The highest BCUT2D eigenvalue weighted by atomic mass is 15.2. The maximum atomic E-state index is 2.48. The molecule has 0 atom stereocenters. The number of benzene rings is 5. The summed E-state index contributed by atoms with van der Waals surface area (Å²) in [5.74, 6) is 0. The van der Waals surface area contributed by atoms with Gasteiger partial charge in [-0.1, -0.05) is 118 Å². The van der Waals surface area contributed by atoms with Crippen molar-refractivity contribution in [3.8, 4) is 11.1 Å². The second-order valence-corrected chi connectivity index (χ2v) is 12.5. The summed E-state index contributed by atoms with van der Waals surface area (Å²) in [5.41, 5.74) is 15.4. The van der Waals surface area contributed by atoms with E-state index >= 15 is 0 Å². The highest BCUT2D eigenvalue weighted by Crippen LogP contribution is 2.53. The first-order valence-electron chi connectivity index (χ1n) is 14.4. The van der Waals surface area contributed by atoms with Crippen LogP contribution < -0.4 is 4.90 Å². The molecule has 0 radical (unpaired) electrons. The van der Waals surface area contributed by atoms with Crippen molar-refractivity contribution in [2.24, 2.45) is 0 Å². The molecule has 5 aromatic carbocycles. The molecule has 0 spiro atoms. The lowest BCUT2D eigenvalue weighted by molar-refractivity contribution is 0.614. The van der Waals surface area contributed by atoms with Crippen LogP contribution in [0.1, 0.15) is 66.6 Å². The molecule has 0 unspecified atom stereocenters. The van der Waals surface area contributed by atoms with E-state index in [4.69, 9.17) is 0 Å². The van der Waals surface area contributed by atoms with Gasteiger partial charge in [-0.25, -0.2) is 0 Å².